The van der Waals surface area contributed by atoms with Crippen LogP contribution in [0.5, 0.6) is 11.5 Å². The molecule has 0 unspecified atom stereocenters. The van der Waals surface area contributed by atoms with Crippen LogP contribution in [0.4, 0.5) is 5.69 Å². The molecule has 4 rings (SSSR count). The monoisotopic (exact) mass is 451 g/mol. The smallest absolute Gasteiger partial charge is 0.291 e. The Morgan fingerprint density at radius 3 is 2.58 bits per heavy atom. The van der Waals surface area contributed by atoms with E-state index in [-0.39, 0.29) is 11.7 Å². The summed E-state index contributed by atoms with van der Waals surface area (Å²) in [5.74, 6) is 1.70. The summed E-state index contributed by atoms with van der Waals surface area (Å²) in [7, 11) is 3.07. The second kappa shape index (κ2) is 9.23. The number of fused-ring (bicyclic) bond motifs is 1. The number of benzene rings is 1. The molecule has 33 heavy (non-hydrogen) atoms. The number of aryl methyl sites for hydroxylation is 2. The van der Waals surface area contributed by atoms with E-state index >= 15 is 0 Å². The third kappa shape index (κ3) is 4.34. The molecule has 0 saturated carbocycles. The molecule has 0 radical (unpaired) electrons. The Labute approximate surface area is 190 Å². The van der Waals surface area contributed by atoms with Gasteiger partial charge in [-0.05, 0) is 44.9 Å². The minimum absolute atomic E-state index is 0.191. The second-order valence-electron chi connectivity index (χ2n) is 7.62. The average molecular weight is 451 g/mol. The number of rotatable bonds is 6. The SMILES string of the molecule is COc1ccc(OC)c(NC(=O)c2oc3c(c2C)/C(=N/NC(=O)c2ccoc2C)CCC3)c1. The van der Waals surface area contributed by atoms with Crippen LogP contribution in [0.1, 0.15) is 56.4 Å². The van der Waals surface area contributed by atoms with Gasteiger partial charge in [0.25, 0.3) is 11.8 Å². The van der Waals surface area contributed by atoms with Crippen molar-refractivity contribution in [2.75, 3.05) is 19.5 Å². The highest BCUT2D eigenvalue weighted by Gasteiger charge is 2.28. The molecule has 2 aromatic heterocycles. The van der Waals surface area contributed by atoms with Crippen molar-refractivity contribution in [1.82, 2.24) is 5.43 Å². The number of carbonyl (C=O) groups is 2. The van der Waals surface area contributed by atoms with Crippen molar-refractivity contribution in [1.29, 1.82) is 0 Å². The van der Waals surface area contributed by atoms with Gasteiger partial charge in [0.05, 0.1) is 37.4 Å². The largest absolute Gasteiger partial charge is 0.497 e. The van der Waals surface area contributed by atoms with Gasteiger partial charge < -0.3 is 23.6 Å². The number of hydrogen-bond donors (Lipinski definition) is 2. The second-order valence-corrected chi connectivity index (χ2v) is 7.62. The first-order valence-electron chi connectivity index (χ1n) is 10.5. The third-order valence-electron chi connectivity index (χ3n) is 5.58. The van der Waals surface area contributed by atoms with Gasteiger partial charge >= 0.3 is 0 Å². The Balaban J connectivity index is 1.59. The van der Waals surface area contributed by atoms with E-state index < -0.39 is 5.91 Å². The number of nitrogens with zero attached hydrogens (tertiary/aromatic N) is 1. The lowest BCUT2D eigenvalue weighted by Crippen LogP contribution is -2.22. The van der Waals surface area contributed by atoms with E-state index in [0.717, 1.165) is 12.0 Å². The van der Waals surface area contributed by atoms with Crippen molar-refractivity contribution in [2.24, 2.45) is 5.10 Å². The molecule has 2 N–H and O–H groups in total. The Morgan fingerprint density at radius 2 is 1.88 bits per heavy atom. The number of amides is 2. The number of nitrogens with one attached hydrogen (secondary N) is 2. The third-order valence-corrected chi connectivity index (χ3v) is 5.58. The van der Waals surface area contributed by atoms with Gasteiger partial charge in [0.1, 0.15) is 23.0 Å². The van der Waals surface area contributed by atoms with Crippen LogP contribution in [0.2, 0.25) is 0 Å². The number of hydrazone groups is 1. The topological polar surface area (TPSA) is 115 Å². The molecule has 3 aromatic rings. The van der Waals surface area contributed by atoms with Gasteiger partial charge in [-0.3, -0.25) is 9.59 Å². The van der Waals surface area contributed by atoms with Crippen LogP contribution in [0.3, 0.4) is 0 Å². The van der Waals surface area contributed by atoms with E-state index in [2.05, 4.69) is 15.8 Å². The number of methoxy groups -OCH3 is 2. The first kappa shape index (κ1) is 22.2. The Morgan fingerprint density at radius 1 is 1.06 bits per heavy atom. The first-order chi connectivity index (χ1) is 15.9. The quantitative estimate of drug-likeness (QED) is 0.542. The van der Waals surface area contributed by atoms with Crippen molar-refractivity contribution >= 4 is 23.2 Å². The number of furan rings is 2. The van der Waals surface area contributed by atoms with E-state index in [9.17, 15) is 9.59 Å². The van der Waals surface area contributed by atoms with E-state index in [1.54, 1.807) is 38.3 Å². The zero-order valence-electron chi connectivity index (χ0n) is 18.9. The maximum absolute atomic E-state index is 13.1. The molecule has 0 fully saturated rings. The molecule has 0 atom stereocenters. The van der Waals surface area contributed by atoms with Gasteiger partial charge in [0.15, 0.2) is 5.76 Å². The zero-order chi connectivity index (χ0) is 23.5. The summed E-state index contributed by atoms with van der Waals surface area (Å²) in [6, 6.07) is 6.72. The molecular formula is C24H25N3O6. The lowest BCUT2D eigenvalue weighted by molar-refractivity contribution is 0.0952. The number of anilines is 1. The van der Waals surface area contributed by atoms with Gasteiger partial charge in [-0.25, -0.2) is 5.43 Å². The standard InChI is InChI=1S/C24H25N3O6/c1-13-21-17(26-27-23(28)16-10-11-32-14(16)2)6-5-7-20(21)33-22(13)24(29)25-18-12-15(30-3)8-9-19(18)31-4/h8-12H,5-7H2,1-4H3,(H,25,29)(H,27,28)/b26-17+. The fourth-order valence-corrected chi connectivity index (χ4v) is 3.89. The first-order valence-corrected chi connectivity index (χ1v) is 10.5. The Hall–Kier alpha value is -4.01. The van der Waals surface area contributed by atoms with Crippen molar-refractivity contribution in [3.63, 3.8) is 0 Å². The fourth-order valence-electron chi connectivity index (χ4n) is 3.89. The van der Waals surface area contributed by atoms with Gasteiger partial charge in [0.2, 0.25) is 0 Å². The molecule has 1 aliphatic carbocycles. The summed E-state index contributed by atoms with van der Waals surface area (Å²) >= 11 is 0. The van der Waals surface area contributed by atoms with Crippen LogP contribution in [0.15, 0.2) is 44.5 Å². The summed E-state index contributed by atoms with van der Waals surface area (Å²) in [6.45, 7) is 3.52. The normalized spacial score (nSPS) is 14.0. The molecule has 172 valence electrons. The summed E-state index contributed by atoms with van der Waals surface area (Å²) in [4.78, 5) is 25.5. The number of carbonyl (C=O) groups excluding carboxylic acids is 2. The summed E-state index contributed by atoms with van der Waals surface area (Å²) in [5.41, 5.74) is 5.57. The van der Waals surface area contributed by atoms with Crippen LogP contribution in [-0.2, 0) is 6.42 Å². The molecule has 9 nitrogen and oxygen atoms in total. The van der Waals surface area contributed by atoms with Gasteiger partial charge in [-0.15, -0.1) is 0 Å². The maximum atomic E-state index is 13.1. The molecule has 1 aromatic carbocycles. The van der Waals surface area contributed by atoms with Gasteiger partial charge in [-0.2, -0.15) is 5.10 Å². The summed E-state index contributed by atoms with van der Waals surface area (Å²) < 4.78 is 21.7. The predicted octanol–water partition coefficient (Wildman–Crippen LogP) is 4.23. The van der Waals surface area contributed by atoms with Crippen molar-refractivity contribution in [3.8, 4) is 11.5 Å². The van der Waals surface area contributed by atoms with Gasteiger partial charge in [-0.1, -0.05) is 0 Å². The van der Waals surface area contributed by atoms with Crippen LogP contribution >= 0.6 is 0 Å². The molecule has 0 saturated heterocycles. The minimum Gasteiger partial charge on any atom is -0.497 e. The van der Waals surface area contributed by atoms with Crippen LogP contribution in [0, 0.1) is 13.8 Å². The highest BCUT2D eigenvalue weighted by atomic mass is 16.5. The maximum Gasteiger partial charge on any atom is 0.291 e. The molecule has 2 amide bonds. The van der Waals surface area contributed by atoms with Crippen LogP contribution < -0.4 is 20.2 Å². The minimum atomic E-state index is -0.411. The van der Waals surface area contributed by atoms with Crippen LogP contribution in [0.25, 0.3) is 0 Å². The highest BCUT2D eigenvalue weighted by Crippen LogP contribution is 2.33. The molecule has 9 heteroatoms. The van der Waals surface area contributed by atoms with Crippen LogP contribution in [-0.4, -0.2) is 31.7 Å². The van der Waals surface area contributed by atoms with Crippen molar-refractivity contribution in [3.05, 3.63) is 64.5 Å². The lowest BCUT2D eigenvalue weighted by Gasteiger charge is -2.13. The molecule has 0 bridgehead atoms. The lowest BCUT2D eigenvalue weighted by atomic mass is 9.93. The Kier molecular flexibility index (Phi) is 6.21. The van der Waals surface area contributed by atoms with Gasteiger partial charge in [0, 0.05) is 23.6 Å². The van der Waals surface area contributed by atoms with E-state index in [1.165, 1.54) is 13.4 Å². The molecule has 0 aliphatic heterocycles. The van der Waals surface area contributed by atoms with Crippen molar-refractivity contribution in [2.45, 2.75) is 33.1 Å². The molecule has 2 heterocycles. The zero-order valence-corrected chi connectivity index (χ0v) is 18.9. The van der Waals surface area contributed by atoms with E-state index in [1.807, 2.05) is 6.92 Å². The summed E-state index contributed by atoms with van der Waals surface area (Å²) in [6.07, 6.45) is 3.59. The average Bonchev–Trinajstić information content (AvgIpc) is 3.40. The number of ether oxygens (including phenoxy) is 2. The summed E-state index contributed by atoms with van der Waals surface area (Å²) in [5, 5.41) is 7.17. The van der Waals surface area contributed by atoms with E-state index in [0.29, 0.717) is 58.4 Å². The van der Waals surface area contributed by atoms with Crippen molar-refractivity contribution < 1.29 is 27.9 Å². The number of hydrogen-bond acceptors (Lipinski definition) is 7. The highest BCUT2D eigenvalue weighted by molar-refractivity contribution is 6.10. The molecular weight excluding hydrogens is 426 g/mol. The van der Waals surface area contributed by atoms with E-state index in [4.69, 9.17) is 18.3 Å². The Bertz CT molecular complexity index is 1240. The predicted molar refractivity (Wildman–Crippen MR) is 121 cm³/mol. The fraction of sp³-hybridized carbons (Fsp3) is 0.292. The molecule has 1 aliphatic rings. The molecule has 0 spiro atoms.